The van der Waals surface area contributed by atoms with E-state index in [-0.39, 0.29) is 0 Å². The second-order valence-electron chi connectivity index (χ2n) is 4.94. The molecule has 0 N–H and O–H groups in total. The van der Waals surface area contributed by atoms with Crippen LogP contribution in [-0.2, 0) is 0 Å². The number of ether oxygens (including phenoxy) is 1. The zero-order valence-corrected chi connectivity index (χ0v) is 12.2. The van der Waals surface area contributed by atoms with Gasteiger partial charge in [0.05, 0.1) is 12.6 Å². The molecule has 0 aliphatic rings. The number of hydrogen-bond donors (Lipinski definition) is 0. The first-order valence-electron chi connectivity index (χ1n) is 6.82. The second-order valence-corrected chi connectivity index (χ2v) is 4.94. The highest BCUT2D eigenvalue weighted by Crippen LogP contribution is 2.29. The minimum absolute atomic E-state index is 0.878. The summed E-state index contributed by atoms with van der Waals surface area (Å²) in [5.74, 6) is 0.878. The van der Waals surface area contributed by atoms with E-state index in [1.807, 2.05) is 19.1 Å². The lowest BCUT2D eigenvalue weighted by Gasteiger charge is -2.21. The molecule has 0 amide bonds. The molecule has 0 spiro atoms. The number of methoxy groups -OCH3 is 1. The lowest BCUT2D eigenvalue weighted by atomic mass is 10.1. The Morgan fingerprint density at radius 1 is 1.26 bits per heavy atom. The van der Waals surface area contributed by atoms with Crippen molar-refractivity contribution in [2.45, 2.75) is 26.7 Å². The van der Waals surface area contributed by atoms with Gasteiger partial charge in [0.25, 0.3) is 0 Å². The van der Waals surface area contributed by atoms with Gasteiger partial charge in [-0.25, -0.2) is 0 Å². The van der Waals surface area contributed by atoms with Gasteiger partial charge in [-0.3, -0.25) is 4.98 Å². The molecular weight excluding hydrogens is 236 g/mol. The fourth-order valence-electron chi connectivity index (χ4n) is 2.27. The molecule has 3 nitrogen and oxygen atoms in total. The van der Waals surface area contributed by atoms with Crippen molar-refractivity contribution in [3.63, 3.8) is 0 Å². The van der Waals surface area contributed by atoms with Gasteiger partial charge < -0.3 is 9.64 Å². The van der Waals surface area contributed by atoms with Crippen molar-refractivity contribution in [2.24, 2.45) is 0 Å². The third-order valence-corrected chi connectivity index (χ3v) is 3.38. The van der Waals surface area contributed by atoms with Crippen molar-refractivity contribution in [3.8, 4) is 5.75 Å². The summed E-state index contributed by atoms with van der Waals surface area (Å²) in [4.78, 5) is 6.90. The monoisotopic (exact) mass is 258 g/mol. The number of benzene rings is 1. The molecule has 1 aromatic carbocycles. The van der Waals surface area contributed by atoms with Crippen LogP contribution in [0.4, 0.5) is 5.69 Å². The topological polar surface area (TPSA) is 25.4 Å². The van der Waals surface area contributed by atoms with Gasteiger partial charge in [-0.1, -0.05) is 13.3 Å². The minimum Gasteiger partial charge on any atom is -0.497 e. The summed E-state index contributed by atoms with van der Waals surface area (Å²) in [6, 6.07) is 8.21. The zero-order chi connectivity index (χ0) is 13.8. The molecule has 0 aliphatic carbocycles. The van der Waals surface area contributed by atoms with E-state index in [0.29, 0.717) is 0 Å². The molecule has 0 bridgehead atoms. The summed E-state index contributed by atoms with van der Waals surface area (Å²) in [7, 11) is 3.84. The van der Waals surface area contributed by atoms with E-state index in [2.05, 4.69) is 36.0 Å². The smallest absolute Gasteiger partial charge is 0.119 e. The van der Waals surface area contributed by atoms with Gasteiger partial charge >= 0.3 is 0 Å². The average molecular weight is 258 g/mol. The number of aryl methyl sites for hydroxylation is 1. The fourth-order valence-corrected chi connectivity index (χ4v) is 2.27. The molecule has 0 unspecified atom stereocenters. The summed E-state index contributed by atoms with van der Waals surface area (Å²) in [5.41, 5.74) is 3.31. The Morgan fingerprint density at radius 2 is 2.05 bits per heavy atom. The first-order valence-corrected chi connectivity index (χ1v) is 6.82. The molecule has 1 aromatic heterocycles. The maximum Gasteiger partial charge on any atom is 0.119 e. The van der Waals surface area contributed by atoms with Gasteiger partial charge in [0, 0.05) is 30.4 Å². The average Bonchev–Trinajstić information content (AvgIpc) is 2.43. The lowest BCUT2D eigenvalue weighted by molar-refractivity contribution is 0.415. The Hall–Kier alpha value is -1.77. The van der Waals surface area contributed by atoms with Crippen LogP contribution in [-0.4, -0.2) is 25.7 Å². The van der Waals surface area contributed by atoms with Crippen LogP contribution in [0.3, 0.4) is 0 Å². The Kier molecular flexibility index (Phi) is 4.25. The molecule has 0 saturated carbocycles. The number of unbranched alkanes of at least 4 members (excludes halogenated alkanes) is 1. The Labute approximate surface area is 115 Å². The van der Waals surface area contributed by atoms with Gasteiger partial charge in [-0.15, -0.1) is 0 Å². The van der Waals surface area contributed by atoms with Gasteiger partial charge in [-0.2, -0.15) is 0 Å². The van der Waals surface area contributed by atoms with E-state index in [1.165, 1.54) is 18.5 Å². The van der Waals surface area contributed by atoms with Crippen LogP contribution in [0.1, 0.15) is 25.5 Å². The third-order valence-electron chi connectivity index (χ3n) is 3.38. The molecule has 0 aliphatic heterocycles. The van der Waals surface area contributed by atoms with E-state index < -0.39 is 0 Å². The van der Waals surface area contributed by atoms with Crippen LogP contribution < -0.4 is 9.64 Å². The second kappa shape index (κ2) is 5.91. The first-order chi connectivity index (χ1) is 9.15. The molecule has 2 rings (SSSR count). The maximum absolute atomic E-state index is 5.32. The van der Waals surface area contributed by atoms with Crippen molar-refractivity contribution in [1.29, 1.82) is 0 Å². The summed E-state index contributed by atoms with van der Waals surface area (Å²) in [6.07, 6.45) is 2.40. The Morgan fingerprint density at radius 3 is 2.74 bits per heavy atom. The molecule has 0 radical (unpaired) electrons. The highest BCUT2D eigenvalue weighted by molar-refractivity contribution is 5.92. The number of hydrogen-bond acceptors (Lipinski definition) is 3. The number of fused-ring (bicyclic) bond motifs is 1. The predicted octanol–water partition coefficient (Wildman–Crippen LogP) is 3.79. The zero-order valence-electron chi connectivity index (χ0n) is 12.2. The van der Waals surface area contributed by atoms with Crippen molar-refractivity contribution in [3.05, 3.63) is 30.0 Å². The van der Waals surface area contributed by atoms with Crippen LogP contribution >= 0.6 is 0 Å². The van der Waals surface area contributed by atoms with Crippen molar-refractivity contribution in [2.75, 3.05) is 25.6 Å². The van der Waals surface area contributed by atoms with Crippen LogP contribution in [0.15, 0.2) is 24.3 Å². The molecular formula is C16H22N2O. The van der Waals surface area contributed by atoms with Crippen molar-refractivity contribution in [1.82, 2.24) is 4.98 Å². The molecule has 0 fully saturated rings. The summed E-state index contributed by atoms with van der Waals surface area (Å²) >= 11 is 0. The summed E-state index contributed by atoms with van der Waals surface area (Å²) in [5, 5.41) is 1.16. The number of anilines is 1. The largest absolute Gasteiger partial charge is 0.497 e. The molecule has 102 valence electrons. The number of nitrogens with zero attached hydrogens (tertiary/aromatic N) is 2. The molecule has 0 saturated heterocycles. The standard InChI is InChI=1S/C16H22N2O/c1-5-6-9-18(3)16-10-12(2)17-15-8-7-13(19-4)11-14(15)16/h7-8,10-11H,5-6,9H2,1-4H3. The summed E-state index contributed by atoms with van der Waals surface area (Å²) in [6.45, 7) is 5.32. The highest BCUT2D eigenvalue weighted by atomic mass is 16.5. The minimum atomic E-state index is 0.878. The Bertz CT molecular complexity index is 566. The third kappa shape index (κ3) is 2.98. The normalized spacial score (nSPS) is 10.7. The van der Waals surface area contributed by atoms with E-state index in [0.717, 1.165) is 28.9 Å². The Balaban J connectivity index is 2.50. The lowest BCUT2D eigenvalue weighted by Crippen LogP contribution is -2.19. The van der Waals surface area contributed by atoms with Gasteiger partial charge in [0.15, 0.2) is 0 Å². The van der Waals surface area contributed by atoms with Gasteiger partial charge in [0.1, 0.15) is 5.75 Å². The van der Waals surface area contributed by atoms with Crippen LogP contribution in [0.2, 0.25) is 0 Å². The maximum atomic E-state index is 5.32. The van der Waals surface area contributed by atoms with E-state index in [4.69, 9.17) is 4.74 Å². The first kappa shape index (κ1) is 13.7. The van der Waals surface area contributed by atoms with Crippen LogP contribution in [0, 0.1) is 6.92 Å². The summed E-state index contributed by atoms with van der Waals surface area (Å²) < 4.78 is 5.32. The van der Waals surface area contributed by atoms with Crippen LogP contribution in [0.25, 0.3) is 10.9 Å². The molecule has 19 heavy (non-hydrogen) atoms. The van der Waals surface area contributed by atoms with Crippen molar-refractivity contribution < 1.29 is 4.74 Å². The fraction of sp³-hybridized carbons (Fsp3) is 0.438. The molecule has 1 heterocycles. The predicted molar refractivity (Wildman–Crippen MR) is 81.2 cm³/mol. The highest BCUT2D eigenvalue weighted by Gasteiger charge is 2.09. The number of aromatic nitrogens is 1. The number of pyridine rings is 1. The van der Waals surface area contributed by atoms with E-state index in [9.17, 15) is 0 Å². The molecule has 3 heteroatoms. The SMILES string of the molecule is CCCCN(C)c1cc(C)nc2ccc(OC)cc12. The quantitative estimate of drug-likeness (QED) is 0.816. The van der Waals surface area contributed by atoms with Crippen molar-refractivity contribution >= 4 is 16.6 Å². The molecule has 2 aromatic rings. The number of rotatable bonds is 5. The molecule has 0 atom stereocenters. The van der Waals surface area contributed by atoms with E-state index in [1.54, 1.807) is 7.11 Å². The van der Waals surface area contributed by atoms with Crippen LogP contribution in [0.5, 0.6) is 5.75 Å². The van der Waals surface area contributed by atoms with E-state index >= 15 is 0 Å². The van der Waals surface area contributed by atoms with Gasteiger partial charge in [0.2, 0.25) is 0 Å². The van der Waals surface area contributed by atoms with Gasteiger partial charge in [-0.05, 0) is 37.6 Å².